The highest BCUT2D eigenvalue weighted by Gasteiger charge is 2.23. The first kappa shape index (κ1) is 31.2. The third-order valence-corrected chi connectivity index (χ3v) is 8.58. The third-order valence-electron chi connectivity index (χ3n) is 7.34. The number of nitrogens with one attached hydrogen (secondary N) is 2. The predicted octanol–water partition coefficient (Wildman–Crippen LogP) is 3.87. The maximum absolute atomic E-state index is 13.0. The van der Waals surface area contributed by atoms with Crippen LogP contribution in [0.5, 0.6) is 5.75 Å². The molecule has 0 aliphatic heterocycles. The first-order chi connectivity index (χ1) is 20.2. The number of hydrogen-bond acceptors (Lipinski definition) is 7. The van der Waals surface area contributed by atoms with Crippen molar-refractivity contribution in [1.29, 1.82) is 0 Å². The van der Waals surface area contributed by atoms with Crippen molar-refractivity contribution >= 4 is 21.8 Å². The summed E-state index contributed by atoms with van der Waals surface area (Å²) in [5.41, 5.74) is 8.97. The van der Waals surface area contributed by atoms with Crippen molar-refractivity contribution in [3.63, 3.8) is 0 Å². The number of rotatable bonds is 14. The SMILES string of the molecule is NC(=O)CCS(=O)(=O)NC(=O)c1ccc(-c2ccc(CCNC[C@H](O)c3ccccc3)cc2)cc1OC1CCCCC1. The highest BCUT2D eigenvalue weighted by molar-refractivity contribution is 7.90. The van der Waals surface area contributed by atoms with Crippen LogP contribution in [0.25, 0.3) is 11.1 Å². The van der Waals surface area contributed by atoms with Gasteiger partial charge in [0, 0.05) is 13.0 Å². The van der Waals surface area contributed by atoms with Crippen molar-refractivity contribution in [3.8, 4) is 16.9 Å². The average Bonchev–Trinajstić information content (AvgIpc) is 2.99. The van der Waals surface area contributed by atoms with E-state index in [2.05, 4.69) is 5.32 Å². The standard InChI is InChI=1S/C32H39N3O6S/c33-31(37)18-20-42(39,40)35-32(38)28-16-15-26(21-30(28)41-27-9-5-2-6-10-27)24-13-11-23(12-14-24)17-19-34-22-29(36)25-7-3-1-4-8-25/h1,3-4,7-8,11-16,21,27,29,34,36H,2,5-6,9-10,17-20,22H2,(H2,33,37)(H,35,38)/t29-/m0/s1. The summed E-state index contributed by atoms with van der Waals surface area (Å²) in [5, 5.41) is 13.6. The molecule has 0 unspecified atom stereocenters. The Kier molecular flexibility index (Phi) is 11.1. The Morgan fingerprint density at radius 1 is 0.952 bits per heavy atom. The van der Waals surface area contributed by atoms with Crippen LogP contribution in [0.15, 0.2) is 72.8 Å². The van der Waals surface area contributed by atoms with Gasteiger partial charge in [-0.15, -0.1) is 0 Å². The maximum atomic E-state index is 13.0. The molecule has 1 aliphatic rings. The summed E-state index contributed by atoms with van der Waals surface area (Å²) in [7, 11) is -4.04. The molecule has 4 rings (SSSR count). The molecule has 9 nitrogen and oxygen atoms in total. The lowest BCUT2D eigenvalue weighted by Gasteiger charge is -2.24. The highest BCUT2D eigenvalue weighted by Crippen LogP contribution is 2.31. The third kappa shape index (κ3) is 9.40. The number of benzene rings is 3. The van der Waals surface area contributed by atoms with Crippen molar-refractivity contribution in [2.24, 2.45) is 5.73 Å². The maximum Gasteiger partial charge on any atom is 0.268 e. The molecule has 0 bridgehead atoms. The summed E-state index contributed by atoms with van der Waals surface area (Å²) in [6.07, 6.45) is 4.75. The quantitative estimate of drug-likeness (QED) is 0.208. The molecular formula is C32H39N3O6S. The largest absolute Gasteiger partial charge is 0.490 e. The molecule has 0 aromatic heterocycles. The number of aliphatic hydroxyl groups excluding tert-OH is 1. The molecular weight excluding hydrogens is 554 g/mol. The van der Waals surface area contributed by atoms with Crippen molar-refractivity contribution in [1.82, 2.24) is 10.0 Å². The molecule has 42 heavy (non-hydrogen) atoms. The Morgan fingerprint density at radius 3 is 2.33 bits per heavy atom. The molecule has 0 radical (unpaired) electrons. The molecule has 1 fully saturated rings. The van der Waals surface area contributed by atoms with E-state index in [4.69, 9.17) is 10.5 Å². The van der Waals surface area contributed by atoms with Gasteiger partial charge >= 0.3 is 0 Å². The number of ether oxygens (including phenoxy) is 1. The van der Waals surface area contributed by atoms with E-state index < -0.39 is 33.7 Å². The summed E-state index contributed by atoms with van der Waals surface area (Å²) in [5.74, 6) is -1.81. The molecule has 10 heteroatoms. The first-order valence-corrected chi connectivity index (χ1v) is 16.0. The predicted molar refractivity (Wildman–Crippen MR) is 162 cm³/mol. The Morgan fingerprint density at radius 2 is 1.64 bits per heavy atom. The Labute approximate surface area is 247 Å². The zero-order chi connectivity index (χ0) is 30.0. The van der Waals surface area contributed by atoms with E-state index in [0.29, 0.717) is 12.3 Å². The number of aliphatic hydroxyl groups is 1. The van der Waals surface area contributed by atoms with Gasteiger partial charge in [-0.3, -0.25) is 9.59 Å². The van der Waals surface area contributed by atoms with Crippen LogP contribution in [0.3, 0.4) is 0 Å². The molecule has 0 spiro atoms. The molecule has 2 amide bonds. The Balaban J connectivity index is 1.42. The van der Waals surface area contributed by atoms with Crippen LogP contribution in [0.2, 0.25) is 0 Å². The van der Waals surface area contributed by atoms with Gasteiger partial charge in [0.25, 0.3) is 5.91 Å². The Hall–Kier alpha value is -3.73. The van der Waals surface area contributed by atoms with Gasteiger partial charge in [0.1, 0.15) is 5.75 Å². The van der Waals surface area contributed by atoms with Gasteiger partial charge in [-0.25, -0.2) is 13.1 Å². The lowest BCUT2D eigenvalue weighted by Crippen LogP contribution is -2.34. The lowest BCUT2D eigenvalue weighted by molar-refractivity contribution is -0.117. The zero-order valence-corrected chi connectivity index (χ0v) is 24.4. The van der Waals surface area contributed by atoms with E-state index in [-0.39, 0.29) is 18.1 Å². The fourth-order valence-electron chi connectivity index (χ4n) is 4.96. The lowest BCUT2D eigenvalue weighted by atomic mass is 9.97. The van der Waals surface area contributed by atoms with Crippen molar-refractivity contribution in [2.45, 2.75) is 57.2 Å². The zero-order valence-electron chi connectivity index (χ0n) is 23.6. The summed E-state index contributed by atoms with van der Waals surface area (Å²) in [6, 6.07) is 22.8. The number of primary amides is 1. The number of amides is 2. The van der Waals surface area contributed by atoms with Gasteiger partial charge in [-0.05, 0) is 73.0 Å². The van der Waals surface area contributed by atoms with E-state index in [1.165, 1.54) is 0 Å². The van der Waals surface area contributed by atoms with Gasteiger partial charge in [-0.2, -0.15) is 0 Å². The van der Waals surface area contributed by atoms with Crippen molar-refractivity contribution in [2.75, 3.05) is 18.8 Å². The molecule has 0 saturated heterocycles. The minimum Gasteiger partial charge on any atom is -0.490 e. The Bertz CT molecular complexity index is 1440. The second-order valence-electron chi connectivity index (χ2n) is 10.6. The van der Waals surface area contributed by atoms with E-state index in [1.807, 2.05) is 59.3 Å². The van der Waals surface area contributed by atoms with Crippen molar-refractivity contribution < 1.29 is 27.9 Å². The number of sulfonamides is 1. The molecule has 1 saturated carbocycles. The van der Waals surface area contributed by atoms with Crippen LogP contribution < -0.4 is 20.5 Å². The van der Waals surface area contributed by atoms with Gasteiger partial charge in [-0.1, -0.05) is 67.1 Å². The molecule has 0 heterocycles. The fourth-order valence-corrected chi connectivity index (χ4v) is 5.92. The average molecular weight is 594 g/mol. The normalized spacial score (nSPS) is 14.7. The monoisotopic (exact) mass is 593 g/mol. The topological polar surface area (TPSA) is 148 Å². The van der Waals surface area contributed by atoms with Crippen LogP contribution in [0, 0.1) is 0 Å². The van der Waals surface area contributed by atoms with Crippen LogP contribution in [0.1, 0.15) is 66.1 Å². The second kappa shape index (κ2) is 14.9. The molecule has 5 N–H and O–H groups in total. The van der Waals surface area contributed by atoms with Gasteiger partial charge in [0.05, 0.1) is 23.5 Å². The second-order valence-corrected chi connectivity index (χ2v) is 12.5. The van der Waals surface area contributed by atoms with Gasteiger partial charge < -0.3 is 20.9 Å². The van der Waals surface area contributed by atoms with Gasteiger partial charge in [0.15, 0.2) is 0 Å². The number of nitrogens with two attached hydrogens (primary N) is 1. The summed E-state index contributed by atoms with van der Waals surface area (Å²) in [4.78, 5) is 24.0. The number of hydrogen-bond donors (Lipinski definition) is 4. The van der Waals surface area contributed by atoms with Crippen LogP contribution in [-0.2, 0) is 21.2 Å². The molecule has 1 atom stereocenters. The fraction of sp³-hybridized carbons (Fsp3) is 0.375. The summed E-state index contributed by atoms with van der Waals surface area (Å²) >= 11 is 0. The highest BCUT2D eigenvalue weighted by atomic mass is 32.2. The molecule has 3 aromatic rings. The van der Waals surface area contributed by atoms with E-state index in [1.54, 1.807) is 18.2 Å². The summed E-state index contributed by atoms with van der Waals surface area (Å²) < 4.78 is 33.0. The molecule has 224 valence electrons. The minimum absolute atomic E-state index is 0.0534. The summed E-state index contributed by atoms with van der Waals surface area (Å²) in [6.45, 7) is 1.19. The van der Waals surface area contributed by atoms with E-state index in [9.17, 15) is 23.1 Å². The number of carbonyl (C=O) groups excluding carboxylic acids is 2. The van der Waals surface area contributed by atoms with E-state index >= 15 is 0 Å². The smallest absolute Gasteiger partial charge is 0.268 e. The minimum atomic E-state index is -4.04. The van der Waals surface area contributed by atoms with Crippen molar-refractivity contribution in [3.05, 3.63) is 89.5 Å². The molecule has 3 aromatic carbocycles. The van der Waals surface area contributed by atoms with Crippen LogP contribution >= 0.6 is 0 Å². The first-order valence-electron chi connectivity index (χ1n) is 14.4. The number of carbonyl (C=O) groups is 2. The molecule has 1 aliphatic carbocycles. The van der Waals surface area contributed by atoms with Crippen LogP contribution in [-0.4, -0.2) is 50.3 Å². The van der Waals surface area contributed by atoms with Crippen LogP contribution in [0.4, 0.5) is 0 Å². The van der Waals surface area contributed by atoms with Gasteiger partial charge in [0.2, 0.25) is 15.9 Å². The van der Waals surface area contributed by atoms with E-state index in [0.717, 1.165) is 67.3 Å².